The zero-order valence-corrected chi connectivity index (χ0v) is 32.2. The summed E-state index contributed by atoms with van der Waals surface area (Å²) in [6.45, 7) is 20.6. The Morgan fingerprint density at radius 1 is 0.920 bits per heavy atom. The maximum Gasteiger partial charge on any atom is 0.309 e. The van der Waals surface area contributed by atoms with E-state index in [-0.39, 0.29) is 46.1 Å². The monoisotopic (exact) mass is 685 g/mol. The largest absolute Gasteiger partial charge is 0.481 e. The van der Waals surface area contributed by atoms with Gasteiger partial charge in [0.05, 0.1) is 11.8 Å². The number of carboxylic acid groups (broad SMARTS) is 1. The van der Waals surface area contributed by atoms with E-state index >= 15 is 0 Å². The molecule has 0 aromatic heterocycles. The lowest BCUT2D eigenvalue weighted by atomic mass is 9.36. The highest BCUT2D eigenvalue weighted by molar-refractivity contribution is 6.00. The van der Waals surface area contributed by atoms with Gasteiger partial charge >= 0.3 is 11.9 Å². The summed E-state index contributed by atoms with van der Waals surface area (Å²) in [6, 6.07) is 8.87. The highest BCUT2D eigenvalue weighted by atomic mass is 16.5. The number of hydrogen-bond donors (Lipinski definition) is 1. The van der Waals surface area contributed by atoms with E-state index in [2.05, 4.69) is 70.7 Å². The van der Waals surface area contributed by atoms with Crippen LogP contribution in [0.15, 0.2) is 35.4 Å². The minimum atomic E-state index is -1.14. The zero-order valence-electron chi connectivity index (χ0n) is 32.2. The van der Waals surface area contributed by atoms with Gasteiger partial charge in [0.15, 0.2) is 5.78 Å². The van der Waals surface area contributed by atoms with E-state index in [1.54, 1.807) is 19.4 Å². The number of esters is 1. The number of benzene rings is 1. The van der Waals surface area contributed by atoms with Crippen LogP contribution < -0.4 is 0 Å². The third kappa shape index (κ3) is 5.55. The van der Waals surface area contributed by atoms with Crippen LogP contribution in [0, 0.1) is 56.7 Å². The maximum atomic E-state index is 14.0. The summed E-state index contributed by atoms with van der Waals surface area (Å²) in [6.07, 6.45) is 10.5. The zero-order chi connectivity index (χ0) is 36.0. The lowest BCUT2D eigenvalue weighted by molar-refractivity contribution is -0.214. The van der Waals surface area contributed by atoms with Crippen LogP contribution in [-0.2, 0) is 32.2 Å². The van der Waals surface area contributed by atoms with Gasteiger partial charge in [0.25, 0.3) is 0 Å². The van der Waals surface area contributed by atoms with Gasteiger partial charge in [-0.15, -0.1) is 0 Å². The van der Waals surface area contributed by atoms with E-state index in [9.17, 15) is 19.5 Å². The lowest BCUT2D eigenvalue weighted by Gasteiger charge is -2.69. The summed E-state index contributed by atoms with van der Waals surface area (Å²) in [5.41, 5.74) is 4.80. The number of carbonyl (C=O) groups excluding carboxylic acids is 2. The summed E-state index contributed by atoms with van der Waals surface area (Å²) < 4.78 is 6.17. The summed E-state index contributed by atoms with van der Waals surface area (Å²) in [4.78, 5) is 41.4. The van der Waals surface area contributed by atoms with Crippen molar-refractivity contribution in [1.29, 1.82) is 0 Å². The van der Waals surface area contributed by atoms with E-state index in [0.717, 1.165) is 58.2 Å². The molecule has 6 heteroatoms. The molecule has 7 rings (SSSR count). The fourth-order valence-corrected chi connectivity index (χ4v) is 13.5. The first kappa shape index (κ1) is 35.9. The first-order chi connectivity index (χ1) is 23.4. The standard InChI is InChI=1S/C44H63NO5/c1-27(2)37-32(46)23-44(21-22-45-25-28-11-9-10-12-29(28)26-45)20-15-31-30(38(37)44)13-14-34-42(31,7)18-16-33-41(5,6)35(17-19-43(33,34)8)50-36(47)24-40(3,4)39(48)49/h9-12,27,30-31,33-35H,13-26H2,1-8H3,(H,48,49). The van der Waals surface area contributed by atoms with Crippen LogP contribution >= 0.6 is 0 Å². The predicted molar refractivity (Wildman–Crippen MR) is 196 cm³/mol. The Labute approximate surface area is 301 Å². The van der Waals surface area contributed by atoms with Gasteiger partial charge < -0.3 is 9.84 Å². The van der Waals surface area contributed by atoms with Crippen LogP contribution in [0.3, 0.4) is 0 Å². The molecule has 4 saturated carbocycles. The molecule has 1 N–H and O–H groups in total. The summed E-state index contributed by atoms with van der Waals surface area (Å²) in [5, 5.41) is 9.60. The second-order valence-electron chi connectivity index (χ2n) is 19.8. The van der Waals surface area contributed by atoms with Crippen molar-refractivity contribution in [1.82, 2.24) is 4.90 Å². The average Bonchev–Trinajstić information content (AvgIpc) is 3.59. The summed E-state index contributed by atoms with van der Waals surface area (Å²) >= 11 is 0. The van der Waals surface area contributed by atoms with Gasteiger partial charge in [-0.2, -0.15) is 0 Å². The number of allylic oxidation sites excluding steroid dienone is 2. The Bertz CT molecular complexity index is 1560. The van der Waals surface area contributed by atoms with Crippen molar-refractivity contribution >= 4 is 17.7 Å². The molecule has 4 fully saturated rings. The van der Waals surface area contributed by atoms with Gasteiger partial charge in [-0.25, -0.2) is 0 Å². The lowest BCUT2D eigenvalue weighted by Crippen LogP contribution is -2.63. The minimum Gasteiger partial charge on any atom is -0.481 e. The smallest absolute Gasteiger partial charge is 0.309 e. The quantitative estimate of drug-likeness (QED) is 0.275. The first-order valence-electron chi connectivity index (χ1n) is 19.9. The molecule has 0 spiro atoms. The average molecular weight is 686 g/mol. The van der Waals surface area contributed by atoms with E-state index in [4.69, 9.17) is 4.74 Å². The van der Waals surface area contributed by atoms with Crippen LogP contribution in [0.1, 0.15) is 137 Å². The number of fused-ring (bicyclic) bond motifs is 8. The predicted octanol–water partition coefficient (Wildman–Crippen LogP) is 9.40. The highest BCUT2D eigenvalue weighted by Crippen LogP contribution is 2.73. The molecule has 5 aliphatic carbocycles. The van der Waals surface area contributed by atoms with Crippen molar-refractivity contribution in [3.8, 4) is 0 Å². The summed E-state index contributed by atoms with van der Waals surface area (Å²) in [7, 11) is 0. The van der Waals surface area contributed by atoms with Gasteiger partial charge in [0.2, 0.25) is 0 Å². The molecular formula is C44H63NO5. The number of hydrogen-bond acceptors (Lipinski definition) is 5. The molecule has 6 nitrogen and oxygen atoms in total. The van der Waals surface area contributed by atoms with Crippen molar-refractivity contribution in [2.75, 3.05) is 6.54 Å². The summed E-state index contributed by atoms with van der Waals surface area (Å²) in [5.74, 6) is 1.51. The normalized spacial score (nSPS) is 37.9. The molecule has 6 aliphatic rings. The Kier molecular flexibility index (Phi) is 8.84. The maximum absolute atomic E-state index is 14.0. The molecule has 1 aliphatic heterocycles. The Balaban J connectivity index is 1.11. The third-order valence-corrected chi connectivity index (χ3v) is 15.9. The third-order valence-electron chi connectivity index (χ3n) is 15.9. The van der Waals surface area contributed by atoms with E-state index < -0.39 is 11.4 Å². The Morgan fingerprint density at radius 3 is 2.22 bits per heavy atom. The second kappa shape index (κ2) is 12.3. The van der Waals surface area contributed by atoms with Crippen LogP contribution in [-0.4, -0.2) is 40.4 Å². The van der Waals surface area contributed by atoms with Crippen molar-refractivity contribution in [2.24, 2.45) is 56.7 Å². The molecular weight excluding hydrogens is 622 g/mol. The van der Waals surface area contributed by atoms with E-state index in [1.807, 2.05) is 0 Å². The molecule has 274 valence electrons. The van der Waals surface area contributed by atoms with Crippen molar-refractivity contribution < 1.29 is 24.2 Å². The van der Waals surface area contributed by atoms with Crippen LogP contribution in [0.2, 0.25) is 0 Å². The fraction of sp³-hybridized carbons (Fsp3) is 0.750. The molecule has 0 saturated heterocycles. The molecule has 1 aromatic carbocycles. The van der Waals surface area contributed by atoms with Gasteiger partial charge in [0.1, 0.15) is 6.10 Å². The topological polar surface area (TPSA) is 83.9 Å². The van der Waals surface area contributed by atoms with E-state index in [0.29, 0.717) is 29.5 Å². The number of aliphatic carboxylic acids is 1. The molecule has 50 heavy (non-hydrogen) atoms. The van der Waals surface area contributed by atoms with Crippen molar-refractivity contribution in [3.05, 3.63) is 46.5 Å². The number of rotatable bonds is 8. The van der Waals surface area contributed by atoms with Crippen LogP contribution in [0.25, 0.3) is 0 Å². The number of ketones is 1. The number of carboxylic acids is 1. The van der Waals surface area contributed by atoms with Crippen LogP contribution in [0.5, 0.6) is 0 Å². The van der Waals surface area contributed by atoms with Gasteiger partial charge in [-0.3, -0.25) is 19.3 Å². The van der Waals surface area contributed by atoms with Crippen LogP contribution in [0.4, 0.5) is 0 Å². The molecule has 1 aromatic rings. The number of carbonyl (C=O) groups is 3. The molecule has 0 amide bonds. The van der Waals surface area contributed by atoms with Crippen molar-refractivity contribution in [3.63, 3.8) is 0 Å². The fourth-order valence-electron chi connectivity index (χ4n) is 13.5. The molecule has 8 unspecified atom stereocenters. The molecule has 0 bridgehead atoms. The van der Waals surface area contributed by atoms with Gasteiger partial charge in [0, 0.05) is 30.3 Å². The Hall–Kier alpha value is -2.47. The van der Waals surface area contributed by atoms with E-state index in [1.165, 1.54) is 42.4 Å². The Morgan fingerprint density at radius 2 is 1.58 bits per heavy atom. The minimum absolute atomic E-state index is 0.0239. The number of ether oxygens (including phenoxy) is 1. The highest BCUT2D eigenvalue weighted by Gasteiger charge is 2.66. The molecule has 8 atom stereocenters. The number of Topliss-reactive ketones (excluding diaryl/α,β-unsaturated/α-hetero) is 1. The molecule has 0 radical (unpaired) electrons. The van der Waals surface area contributed by atoms with Gasteiger partial charge in [-0.05, 0) is 135 Å². The second-order valence-corrected chi connectivity index (χ2v) is 19.8. The SMILES string of the molecule is CC(C)C1=C2C3CCC4C(C)(CCC5C(C)(C)C(OC(=O)CC(C)(C)C(=O)O)CCC54C)C3CCC2(CCN2Cc3ccccc3C2)CC1=O. The number of nitrogens with zero attached hydrogens (tertiary/aromatic N) is 1. The molecule has 1 heterocycles. The van der Waals surface area contributed by atoms with Gasteiger partial charge in [-0.1, -0.05) is 71.4 Å². The first-order valence-corrected chi connectivity index (χ1v) is 19.9. The van der Waals surface area contributed by atoms with Crippen molar-refractivity contribution in [2.45, 2.75) is 145 Å².